The number of imidazole rings is 1. The Balaban J connectivity index is -0.000000200. The van der Waals surface area contributed by atoms with Crippen molar-refractivity contribution in [2.75, 3.05) is 38.7 Å². The summed E-state index contributed by atoms with van der Waals surface area (Å²) in [5.74, 6) is 0.103. The first-order valence-electron chi connectivity index (χ1n) is 13.7. The first-order chi connectivity index (χ1) is 19.6. The lowest BCUT2D eigenvalue weighted by molar-refractivity contribution is -0.143. The first-order valence-corrected chi connectivity index (χ1v) is 15.6. The number of rotatable bonds is 10. The van der Waals surface area contributed by atoms with Gasteiger partial charge in [-0.05, 0) is 33.4 Å². The van der Waals surface area contributed by atoms with Crippen molar-refractivity contribution in [2.24, 2.45) is 0 Å². The van der Waals surface area contributed by atoms with Gasteiger partial charge in [-0.25, -0.2) is 13.4 Å². The summed E-state index contributed by atoms with van der Waals surface area (Å²) < 4.78 is 58.3. The molecule has 0 saturated heterocycles. The van der Waals surface area contributed by atoms with E-state index in [1.165, 1.54) is 24.4 Å². The Morgan fingerprint density at radius 1 is 1.14 bits per heavy atom. The quantitative estimate of drug-likeness (QED) is 0.161. The number of hydrogen-bond donors (Lipinski definition) is 2. The number of aromatic nitrogens is 2. The molecule has 1 aromatic heterocycles. The zero-order valence-electron chi connectivity index (χ0n) is 27.2. The van der Waals surface area contributed by atoms with Crippen molar-refractivity contribution in [3.8, 4) is 0 Å². The van der Waals surface area contributed by atoms with Crippen LogP contribution in [-0.2, 0) is 14.6 Å². The lowest BCUT2D eigenvalue weighted by Gasteiger charge is -2.16. The fraction of sp³-hybridized carbons (Fsp3) is 0.533. The van der Waals surface area contributed by atoms with Crippen LogP contribution < -0.4 is 11.1 Å². The third-order valence-corrected chi connectivity index (χ3v) is 4.61. The molecule has 0 spiro atoms. The van der Waals surface area contributed by atoms with E-state index in [0.29, 0.717) is 31.0 Å². The zero-order valence-corrected chi connectivity index (χ0v) is 28.0. The maximum absolute atomic E-state index is 12.2. The number of sulfone groups is 1. The van der Waals surface area contributed by atoms with Crippen molar-refractivity contribution >= 4 is 27.9 Å². The van der Waals surface area contributed by atoms with Gasteiger partial charge in [0, 0.05) is 42.4 Å². The van der Waals surface area contributed by atoms with Crippen LogP contribution in [0.15, 0.2) is 67.4 Å². The minimum absolute atomic E-state index is 0.208. The molecule has 12 heteroatoms. The molecule has 3 N–H and O–H groups in total. The van der Waals surface area contributed by atoms with Gasteiger partial charge in [0.25, 0.3) is 0 Å². The summed E-state index contributed by atoms with van der Waals surface area (Å²) in [5, 5.41) is 3.89. The molecule has 0 aromatic carbocycles. The van der Waals surface area contributed by atoms with Crippen LogP contribution in [0.5, 0.6) is 0 Å². The molecule has 0 aliphatic rings. The number of anilines is 1. The third kappa shape index (κ3) is 34.9. The molecular weight excluding hydrogens is 567 g/mol. The summed E-state index contributed by atoms with van der Waals surface area (Å²) in [6.45, 7) is 25.8. The molecule has 0 radical (unpaired) electrons. The SMILES string of the molecule is C=C.C=C.CC.CC/C(=C\n1ccnc1N)C(=O)NC/C(C)=C/C=C/S(C)(=O)=O.CCC.CCCN(C)CC(F)(F)F. The van der Waals surface area contributed by atoms with E-state index >= 15 is 0 Å². The maximum atomic E-state index is 12.2. The Labute approximate surface area is 253 Å². The number of allylic oxidation sites excluding steroid dienone is 2. The Hall–Kier alpha value is -3.12. The second-order valence-electron chi connectivity index (χ2n) is 8.11. The number of carbonyl (C=O) groups excluding carboxylic acids is 1. The van der Waals surface area contributed by atoms with Crippen molar-refractivity contribution in [1.29, 1.82) is 0 Å². The van der Waals surface area contributed by atoms with Crippen LogP contribution in [0.1, 0.15) is 67.7 Å². The maximum Gasteiger partial charge on any atom is 0.401 e. The van der Waals surface area contributed by atoms with Gasteiger partial charge in [-0.3, -0.25) is 14.3 Å². The Kier molecular flexibility index (Phi) is 35.7. The monoisotopic (exact) mass is 623 g/mol. The second kappa shape index (κ2) is 30.8. The number of alkyl halides is 3. The van der Waals surface area contributed by atoms with E-state index in [0.717, 1.165) is 23.7 Å². The number of carbonyl (C=O) groups is 1. The Morgan fingerprint density at radius 3 is 2.00 bits per heavy atom. The summed E-state index contributed by atoms with van der Waals surface area (Å²) in [5.41, 5.74) is 7.06. The fourth-order valence-electron chi connectivity index (χ4n) is 2.42. The molecule has 0 aliphatic carbocycles. The molecule has 0 unspecified atom stereocenters. The van der Waals surface area contributed by atoms with Crippen molar-refractivity contribution in [3.63, 3.8) is 0 Å². The number of nitrogens with one attached hydrogen (secondary N) is 1. The summed E-state index contributed by atoms with van der Waals surface area (Å²) in [6, 6.07) is 0. The standard InChI is InChI=1S/C15H22N4O3S.C6H12F3N.C3H8.C2H6.2C2H4/c1-4-13(11-19-8-7-17-15(19)16)14(20)18-10-12(2)6-5-9-23(3,21)22;1-3-4-10(2)5-6(7,8)9;1-3-2;3*1-2/h5-9,11H,4,10H2,1-3H3,(H2,16,17)(H,18,20);3-5H2,1-2H3;3H2,1-2H3;1-2H3;2*1-2H2/b9-5+,12-6+,13-11+;;;;;. The van der Waals surface area contributed by atoms with Gasteiger partial charge in [0.05, 0.1) is 6.54 Å². The van der Waals surface area contributed by atoms with E-state index < -0.39 is 22.6 Å². The normalized spacial score (nSPS) is 11.2. The molecule has 0 fully saturated rings. The Morgan fingerprint density at radius 2 is 1.64 bits per heavy atom. The molecule has 1 aromatic rings. The van der Waals surface area contributed by atoms with Crippen molar-refractivity contribution in [3.05, 3.63) is 67.4 Å². The third-order valence-electron chi connectivity index (χ3n) is 3.95. The van der Waals surface area contributed by atoms with E-state index in [4.69, 9.17) is 5.73 Å². The molecule has 1 heterocycles. The molecule has 1 amide bonds. The molecule has 42 heavy (non-hydrogen) atoms. The molecule has 1 rings (SSSR count). The van der Waals surface area contributed by atoms with E-state index in [9.17, 15) is 26.4 Å². The summed E-state index contributed by atoms with van der Waals surface area (Å²) in [6.07, 6.45) is 7.56. The average Bonchev–Trinajstić information content (AvgIpc) is 3.32. The lowest BCUT2D eigenvalue weighted by Crippen LogP contribution is -2.31. The predicted molar refractivity (Wildman–Crippen MR) is 176 cm³/mol. The number of amides is 1. The molecule has 0 aliphatic heterocycles. The van der Waals surface area contributed by atoms with Crippen LogP contribution >= 0.6 is 0 Å². The van der Waals surface area contributed by atoms with Gasteiger partial charge in [0.2, 0.25) is 11.9 Å². The van der Waals surface area contributed by atoms with Crippen molar-refractivity contribution in [2.45, 2.75) is 73.9 Å². The highest BCUT2D eigenvalue weighted by atomic mass is 32.2. The molecular formula is C30H56F3N5O3S. The van der Waals surface area contributed by atoms with Gasteiger partial charge in [-0.2, -0.15) is 13.2 Å². The smallest absolute Gasteiger partial charge is 0.369 e. The van der Waals surface area contributed by atoms with E-state index in [2.05, 4.69) is 50.5 Å². The molecule has 0 bridgehead atoms. The number of nitrogen functional groups attached to an aromatic ring is 1. The topological polar surface area (TPSA) is 110 Å². The summed E-state index contributed by atoms with van der Waals surface area (Å²) in [7, 11) is -1.67. The molecule has 8 nitrogen and oxygen atoms in total. The minimum atomic E-state index is -4.05. The van der Waals surface area contributed by atoms with Gasteiger partial charge in [0.1, 0.15) is 0 Å². The van der Waals surface area contributed by atoms with Crippen LogP contribution in [0.2, 0.25) is 0 Å². The highest BCUT2D eigenvalue weighted by Gasteiger charge is 2.28. The van der Waals surface area contributed by atoms with Crippen LogP contribution in [0, 0.1) is 0 Å². The second-order valence-corrected chi connectivity index (χ2v) is 10.0. The minimum Gasteiger partial charge on any atom is -0.369 e. The summed E-state index contributed by atoms with van der Waals surface area (Å²) in [4.78, 5) is 17.3. The van der Waals surface area contributed by atoms with Crippen LogP contribution in [0.4, 0.5) is 19.1 Å². The van der Waals surface area contributed by atoms with E-state index in [1.54, 1.807) is 36.2 Å². The van der Waals surface area contributed by atoms with Gasteiger partial charge < -0.3 is 11.1 Å². The van der Waals surface area contributed by atoms with E-state index in [1.807, 2.05) is 27.7 Å². The Bertz CT molecular complexity index is 985. The van der Waals surface area contributed by atoms with Crippen molar-refractivity contribution < 1.29 is 26.4 Å². The van der Waals surface area contributed by atoms with Crippen molar-refractivity contribution in [1.82, 2.24) is 19.8 Å². The molecule has 0 atom stereocenters. The largest absolute Gasteiger partial charge is 0.401 e. The number of hydrogen-bond acceptors (Lipinski definition) is 6. The lowest BCUT2D eigenvalue weighted by atomic mass is 10.2. The number of halogens is 3. The highest BCUT2D eigenvalue weighted by Crippen LogP contribution is 2.15. The van der Waals surface area contributed by atoms with Crippen LogP contribution in [0.25, 0.3) is 6.20 Å². The number of nitrogens with zero attached hydrogens (tertiary/aromatic N) is 3. The van der Waals surface area contributed by atoms with Crippen LogP contribution in [-0.4, -0.2) is 67.9 Å². The predicted octanol–water partition coefficient (Wildman–Crippen LogP) is 7.27. The highest BCUT2D eigenvalue weighted by molar-refractivity contribution is 7.93. The van der Waals surface area contributed by atoms with Gasteiger partial charge in [-0.15, -0.1) is 26.3 Å². The van der Waals surface area contributed by atoms with Crippen LogP contribution in [0.3, 0.4) is 0 Å². The zero-order chi connectivity index (χ0) is 34.4. The number of nitrogens with two attached hydrogens (primary N) is 1. The summed E-state index contributed by atoms with van der Waals surface area (Å²) >= 11 is 0. The average molecular weight is 624 g/mol. The first kappa shape index (κ1) is 48.6. The van der Waals surface area contributed by atoms with E-state index in [-0.39, 0.29) is 5.91 Å². The fourth-order valence-corrected chi connectivity index (χ4v) is 2.78. The van der Waals surface area contributed by atoms with Gasteiger partial charge in [-0.1, -0.05) is 65.7 Å². The van der Waals surface area contributed by atoms with Gasteiger partial charge >= 0.3 is 6.18 Å². The molecule has 246 valence electrons. The van der Waals surface area contributed by atoms with Gasteiger partial charge in [0.15, 0.2) is 9.84 Å². The molecule has 0 saturated carbocycles.